The predicted octanol–water partition coefficient (Wildman–Crippen LogP) is 4.72. The van der Waals surface area contributed by atoms with Gasteiger partial charge in [-0.2, -0.15) is 0 Å². The van der Waals surface area contributed by atoms with Gasteiger partial charge in [-0.25, -0.2) is 4.79 Å². The number of aliphatic hydroxyl groups excluding tert-OH is 2. The molecule has 0 radical (unpaired) electrons. The van der Waals surface area contributed by atoms with Gasteiger partial charge in [0.1, 0.15) is 29.5 Å². The van der Waals surface area contributed by atoms with Crippen molar-refractivity contribution in [3.05, 3.63) is 48.0 Å². The zero-order chi connectivity index (χ0) is 32.4. The molecule has 3 bridgehead atoms. The molecule has 3 saturated carbocycles. The lowest BCUT2D eigenvalue weighted by Crippen LogP contribution is -2.87. The standard InChI is InChI=1S/C37H50O9/c1-20(2)25-18-22(4)36-27-26-21(3)14-10-7-6-8-13-17-34(44-36)45-37(25,46-34)28(36)30-33(19-38,43-30)32(40)35(27,41)29(23(26)5)42-31(39)24-15-11-9-12-16-24/h9,11-12,15-16,21-23,25-30,32,38,40-41H,1,6-8,10,13-14,17-19H2,2-5H3/t21-,22-,23+,25+,26+,27-,28-,29+,30+,32-,33+,34?,35-,36+,37?/m1/s1. The summed E-state index contributed by atoms with van der Waals surface area (Å²) in [6.07, 6.45) is 3.94. The molecular weight excluding hydrogens is 588 g/mol. The first-order chi connectivity index (χ1) is 21.9. The summed E-state index contributed by atoms with van der Waals surface area (Å²) in [7, 11) is 0. The molecule has 8 aliphatic rings. The van der Waals surface area contributed by atoms with Crippen LogP contribution in [0, 0.1) is 41.4 Å². The van der Waals surface area contributed by atoms with Crippen LogP contribution >= 0.6 is 0 Å². The number of ether oxygens (including phenoxy) is 5. The summed E-state index contributed by atoms with van der Waals surface area (Å²) >= 11 is 0. The zero-order valence-corrected chi connectivity index (χ0v) is 27.5. The van der Waals surface area contributed by atoms with Crippen molar-refractivity contribution in [1.29, 1.82) is 0 Å². The molecule has 13 atom stereocenters. The van der Waals surface area contributed by atoms with Crippen molar-refractivity contribution >= 4 is 5.97 Å². The smallest absolute Gasteiger partial charge is 0.338 e. The van der Waals surface area contributed by atoms with Gasteiger partial charge in [0.15, 0.2) is 5.79 Å². The summed E-state index contributed by atoms with van der Waals surface area (Å²) in [4.78, 5) is 13.7. The van der Waals surface area contributed by atoms with E-state index in [0.717, 1.165) is 44.1 Å². The highest BCUT2D eigenvalue weighted by molar-refractivity contribution is 5.89. The number of hydrogen-bond donors (Lipinski definition) is 3. The Labute approximate surface area is 271 Å². The molecule has 3 spiro atoms. The third-order valence-electron chi connectivity index (χ3n) is 13.5. The van der Waals surface area contributed by atoms with Gasteiger partial charge in [-0.3, -0.25) is 9.47 Å². The number of epoxide rings is 1. The van der Waals surface area contributed by atoms with E-state index in [9.17, 15) is 20.1 Å². The summed E-state index contributed by atoms with van der Waals surface area (Å²) < 4.78 is 34.0. The molecule has 252 valence electrons. The molecule has 9 rings (SSSR count). The fraction of sp³-hybridized carbons (Fsp3) is 0.757. The van der Waals surface area contributed by atoms with Crippen molar-refractivity contribution in [2.75, 3.05) is 6.61 Å². The van der Waals surface area contributed by atoms with Gasteiger partial charge in [0, 0.05) is 18.3 Å². The predicted molar refractivity (Wildman–Crippen MR) is 166 cm³/mol. The fourth-order valence-corrected chi connectivity index (χ4v) is 11.6. The molecule has 3 aliphatic carbocycles. The molecule has 5 saturated heterocycles. The van der Waals surface area contributed by atoms with Crippen LogP contribution in [-0.4, -0.2) is 74.8 Å². The van der Waals surface area contributed by atoms with Crippen LogP contribution in [0.1, 0.15) is 89.4 Å². The lowest BCUT2D eigenvalue weighted by atomic mass is 9.50. The van der Waals surface area contributed by atoms with Crippen molar-refractivity contribution in [2.45, 2.75) is 126 Å². The molecule has 9 heteroatoms. The Morgan fingerprint density at radius 2 is 1.72 bits per heavy atom. The van der Waals surface area contributed by atoms with Crippen LogP contribution in [0.3, 0.4) is 0 Å². The van der Waals surface area contributed by atoms with E-state index in [2.05, 4.69) is 20.4 Å². The van der Waals surface area contributed by atoms with Crippen LogP contribution in [0.2, 0.25) is 0 Å². The van der Waals surface area contributed by atoms with Gasteiger partial charge in [0.05, 0.1) is 23.7 Å². The Hall–Kier alpha value is -1.85. The average Bonchev–Trinajstić information content (AvgIpc) is 3.71. The summed E-state index contributed by atoms with van der Waals surface area (Å²) in [5.41, 5.74) is -3.26. The number of rotatable bonds is 4. The van der Waals surface area contributed by atoms with Crippen molar-refractivity contribution in [1.82, 2.24) is 0 Å². The lowest BCUT2D eigenvalue weighted by molar-refractivity contribution is -0.678. The maximum atomic E-state index is 13.7. The molecule has 9 nitrogen and oxygen atoms in total. The highest BCUT2D eigenvalue weighted by Gasteiger charge is 2.92. The molecule has 1 aromatic carbocycles. The third kappa shape index (κ3) is 3.79. The monoisotopic (exact) mass is 638 g/mol. The average molecular weight is 639 g/mol. The van der Waals surface area contributed by atoms with Gasteiger partial charge < -0.3 is 29.5 Å². The van der Waals surface area contributed by atoms with Crippen molar-refractivity contribution < 1.29 is 43.8 Å². The van der Waals surface area contributed by atoms with E-state index in [1.54, 1.807) is 24.3 Å². The van der Waals surface area contributed by atoms with Crippen LogP contribution in [0.4, 0.5) is 0 Å². The van der Waals surface area contributed by atoms with E-state index < -0.39 is 71.3 Å². The SMILES string of the molecule is C=C(C)[C@@H]1C[C@@H](C)[C@@]23OC45CCCCCCC[C@@H](C)[C@H]6[C@H](C)[C@H](OC(=O)c7ccccc7)[C@@](O)([C@H](O)[C@@]7(CO)O[C@H]7[C@H]2C1(O4)O5)[C@@H]63. The topological polar surface area (TPSA) is 127 Å². The normalized spacial score (nSPS) is 53.6. The van der Waals surface area contributed by atoms with Crippen LogP contribution in [0.15, 0.2) is 42.5 Å². The highest BCUT2D eigenvalue weighted by Crippen LogP contribution is 2.78. The molecule has 1 aromatic rings. The van der Waals surface area contributed by atoms with Gasteiger partial charge in [-0.1, -0.05) is 83.2 Å². The maximum absolute atomic E-state index is 13.7. The summed E-state index contributed by atoms with van der Waals surface area (Å²) in [5, 5.41) is 37.0. The minimum atomic E-state index is -1.99. The number of fused-ring (bicyclic) bond motifs is 1. The van der Waals surface area contributed by atoms with Crippen LogP contribution < -0.4 is 0 Å². The van der Waals surface area contributed by atoms with E-state index in [0.29, 0.717) is 18.4 Å². The number of hydrogen-bond acceptors (Lipinski definition) is 9. The number of benzene rings is 1. The first-order valence-electron chi connectivity index (χ1n) is 17.6. The van der Waals surface area contributed by atoms with Crippen LogP contribution in [0.5, 0.6) is 0 Å². The number of carbonyl (C=O) groups is 1. The molecule has 46 heavy (non-hydrogen) atoms. The minimum absolute atomic E-state index is 0.122. The quantitative estimate of drug-likeness (QED) is 0.244. The lowest BCUT2D eigenvalue weighted by Gasteiger charge is -2.75. The van der Waals surface area contributed by atoms with Crippen LogP contribution in [0.25, 0.3) is 0 Å². The van der Waals surface area contributed by atoms with Gasteiger partial charge in [0.2, 0.25) is 0 Å². The van der Waals surface area contributed by atoms with E-state index in [4.69, 9.17) is 23.7 Å². The summed E-state index contributed by atoms with van der Waals surface area (Å²) in [6.45, 7) is 12.3. The second-order valence-electron chi connectivity index (χ2n) is 15.9. The van der Waals surface area contributed by atoms with E-state index in [1.807, 2.05) is 19.9 Å². The maximum Gasteiger partial charge on any atom is 0.338 e. The first-order valence-corrected chi connectivity index (χ1v) is 17.6. The third-order valence-corrected chi connectivity index (χ3v) is 13.5. The number of carbonyl (C=O) groups excluding carboxylic acids is 1. The Morgan fingerprint density at radius 1 is 1.02 bits per heavy atom. The molecule has 3 N–H and O–H groups in total. The van der Waals surface area contributed by atoms with E-state index in [1.165, 1.54) is 0 Å². The Morgan fingerprint density at radius 3 is 2.41 bits per heavy atom. The van der Waals surface area contributed by atoms with Crippen molar-refractivity contribution in [3.63, 3.8) is 0 Å². The molecule has 5 aliphatic heterocycles. The summed E-state index contributed by atoms with van der Waals surface area (Å²) in [5.74, 6) is -4.91. The zero-order valence-electron chi connectivity index (χ0n) is 27.5. The molecule has 5 heterocycles. The van der Waals surface area contributed by atoms with Gasteiger partial charge in [-0.05, 0) is 55.6 Å². The highest BCUT2D eigenvalue weighted by atomic mass is 17.0. The second-order valence-corrected chi connectivity index (χ2v) is 15.9. The van der Waals surface area contributed by atoms with Crippen molar-refractivity contribution in [3.8, 4) is 0 Å². The minimum Gasteiger partial charge on any atom is -0.455 e. The molecule has 0 amide bonds. The largest absolute Gasteiger partial charge is 0.455 e. The molecule has 8 fully saturated rings. The molecular formula is C37H50O9. The van der Waals surface area contributed by atoms with E-state index in [-0.39, 0.29) is 29.6 Å². The Balaban J connectivity index is 1.36. The Bertz CT molecular complexity index is 1390. The van der Waals surface area contributed by atoms with Crippen molar-refractivity contribution in [2.24, 2.45) is 41.4 Å². The molecule has 0 unspecified atom stereocenters. The van der Waals surface area contributed by atoms with Gasteiger partial charge in [0.25, 0.3) is 5.97 Å². The Kier molecular flexibility index (Phi) is 7.06. The van der Waals surface area contributed by atoms with E-state index >= 15 is 0 Å². The number of esters is 1. The number of aliphatic hydroxyl groups is 3. The van der Waals surface area contributed by atoms with Gasteiger partial charge >= 0.3 is 5.97 Å². The van der Waals surface area contributed by atoms with Gasteiger partial charge in [-0.15, -0.1) is 0 Å². The molecule has 0 aromatic heterocycles. The fourth-order valence-electron chi connectivity index (χ4n) is 11.6. The first kappa shape index (κ1) is 31.4. The van der Waals surface area contributed by atoms with Crippen LogP contribution in [-0.2, 0) is 23.7 Å². The second kappa shape index (κ2) is 10.3. The summed E-state index contributed by atoms with van der Waals surface area (Å²) in [6, 6.07) is 8.76.